The van der Waals surface area contributed by atoms with Crippen LogP contribution in [0.4, 0.5) is 0 Å². The molecule has 8 nitrogen and oxygen atoms in total. The Balaban J connectivity index is 2.91. The number of aliphatic carboxylic acids is 1. The van der Waals surface area contributed by atoms with Gasteiger partial charge in [0.1, 0.15) is 6.54 Å². The van der Waals surface area contributed by atoms with E-state index in [0.717, 1.165) is 0 Å². The van der Waals surface area contributed by atoms with Crippen molar-refractivity contribution in [2.75, 3.05) is 0 Å². The van der Waals surface area contributed by atoms with Crippen molar-refractivity contribution in [1.82, 2.24) is 20.2 Å². The molecule has 0 unspecified atom stereocenters. The van der Waals surface area contributed by atoms with Crippen LogP contribution >= 0.6 is 0 Å². The first kappa shape index (κ1) is 8.11. The van der Waals surface area contributed by atoms with Gasteiger partial charge >= 0.3 is 11.9 Å². The highest BCUT2D eigenvalue weighted by Crippen LogP contribution is 1.90. The van der Waals surface area contributed by atoms with E-state index in [4.69, 9.17) is 10.2 Å². The molecule has 0 aliphatic heterocycles. The van der Waals surface area contributed by atoms with Crippen LogP contribution in [0.5, 0.6) is 0 Å². The lowest BCUT2D eigenvalue weighted by Gasteiger charge is -1.94. The first-order valence-electron chi connectivity index (χ1n) is 2.82. The predicted molar refractivity (Wildman–Crippen MR) is 32.4 cm³/mol. The number of tetrazole rings is 1. The van der Waals surface area contributed by atoms with Gasteiger partial charge < -0.3 is 10.2 Å². The Kier molecular flexibility index (Phi) is 1.99. The summed E-state index contributed by atoms with van der Waals surface area (Å²) in [7, 11) is 0. The first-order valence-corrected chi connectivity index (χ1v) is 2.82. The van der Waals surface area contributed by atoms with Crippen molar-refractivity contribution in [2.45, 2.75) is 6.54 Å². The van der Waals surface area contributed by atoms with Crippen LogP contribution in [0, 0.1) is 0 Å². The number of aromatic carboxylic acids is 1. The number of carboxylic acids is 2. The molecule has 0 saturated heterocycles. The fourth-order valence-electron chi connectivity index (χ4n) is 0.592. The van der Waals surface area contributed by atoms with Crippen LogP contribution in [0.2, 0.25) is 0 Å². The van der Waals surface area contributed by atoms with Gasteiger partial charge in [-0.3, -0.25) is 4.79 Å². The van der Waals surface area contributed by atoms with E-state index in [1.54, 1.807) is 0 Å². The SMILES string of the molecule is O=C(O)Cn1nnnc1C(=O)O. The summed E-state index contributed by atoms with van der Waals surface area (Å²) in [6, 6.07) is 0. The third-order valence-electron chi connectivity index (χ3n) is 1.01. The highest BCUT2D eigenvalue weighted by molar-refractivity contribution is 5.83. The molecular formula is C4H4N4O4. The largest absolute Gasteiger partial charge is 0.480 e. The second-order valence-corrected chi connectivity index (χ2v) is 1.86. The number of nitrogens with zero attached hydrogens (tertiary/aromatic N) is 4. The van der Waals surface area contributed by atoms with Crippen molar-refractivity contribution >= 4 is 11.9 Å². The van der Waals surface area contributed by atoms with E-state index < -0.39 is 24.3 Å². The van der Waals surface area contributed by atoms with Crippen LogP contribution < -0.4 is 0 Å². The normalized spacial score (nSPS) is 9.67. The molecule has 0 fully saturated rings. The molecule has 1 aromatic heterocycles. The molecule has 0 aliphatic carbocycles. The van der Waals surface area contributed by atoms with Crippen LogP contribution in [0.25, 0.3) is 0 Å². The summed E-state index contributed by atoms with van der Waals surface area (Å²) < 4.78 is 0.685. The molecule has 0 aliphatic rings. The van der Waals surface area contributed by atoms with Gasteiger partial charge in [-0.25, -0.2) is 9.48 Å². The van der Waals surface area contributed by atoms with E-state index in [1.165, 1.54) is 0 Å². The Bertz CT molecular complexity index is 319. The number of carboxylic acid groups (broad SMARTS) is 2. The molecule has 0 aromatic carbocycles. The summed E-state index contributed by atoms with van der Waals surface area (Å²) >= 11 is 0. The summed E-state index contributed by atoms with van der Waals surface area (Å²) in [6.45, 7) is -0.561. The lowest BCUT2D eigenvalue weighted by molar-refractivity contribution is -0.137. The molecule has 12 heavy (non-hydrogen) atoms. The van der Waals surface area contributed by atoms with Crippen LogP contribution in [-0.4, -0.2) is 42.4 Å². The lowest BCUT2D eigenvalue weighted by atomic mass is 10.6. The van der Waals surface area contributed by atoms with Crippen LogP contribution in [-0.2, 0) is 11.3 Å². The average molecular weight is 172 g/mol. The maximum atomic E-state index is 10.3. The van der Waals surface area contributed by atoms with E-state index in [1.807, 2.05) is 0 Å². The van der Waals surface area contributed by atoms with Gasteiger partial charge in [-0.2, -0.15) is 0 Å². The molecule has 2 N–H and O–H groups in total. The minimum atomic E-state index is -1.36. The Hall–Kier alpha value is -1.99. The zero-order valence-electron chi connectivity index (χ0n) is 5.71. The number of hydrogen-bond donors (Lipinski definition) is 2. The highest BCUT2D eigenvalue weighted by atomic mass is 16.4. The second kappa shape index (κ2) is 2.95. The van der Waals surface area contributed by atoms with Crippen LogP contribution in [0.1, 0.15) is 10.6 Å². The molecule has 0 radical (unpaired) electrons. The van der Waals surface area contributed by atoms with Gasteiger partial charge in [0, 0.05) is 0 Å². The zero-order valence-corrected chi connectivity index (χ0v) is 5.71. The summed E-state index contributed by atoms with van der Waals surface area (Å²) in [5.41, 5.74) is 0. The molecule has 1 aromatic rings. The molecule has 0 spiro atoms. The van der Waals surface area contributed by atoms with Gasteiger partial charge in [-0.15, -0.1) is 5.10 Å². The van der Waals surface area contributed by atoms with Gasteiger partial charge in [-0.05, 0) is 10.4 Å². The fraction of sp³-hybridized carbons (Fsp3) is 0.250. The maximum Gasteiger partial charge on any atom is 0.375 e. The van der Waals surface area contributed by atoms with Crippen molar-refractivity contribution < 1.29 is 19.8 Å². The van der Waals surface area contributed by atoms with Crippen LogP contribution in [0.15, 0.2) is 0 Å². The first-order chi connectivity index (χ1) is 5.61. The average Bonchev–Trinajstić information content (AvgIpc) is 2.33. The molecule has 0 saturated carbocycles. The standard InChI is InChI=1S/C4H4N4O4/c9-2(10)1-8-3(4(11)12)5-6-7-8/h1H2,(H,9,10)(H,11,12). The van der Waals surface area contributed by atoms with E-state index in [9.17, 15) is 9.59 Å². The Morgan fingerprint density at radius 3 is 2.58 bits per heavy atom. The minimum Gasteiger partial charge on any atom is -0.480 e. The third-order valence-corrected chi connectivity index (χ3v) is 1.01. The van der Waals surface area contributed by atoms with E-state index in [0.29, 0.717) is 4.68 Å². The number of aromatic nitrogens is 4. The minimum absolute atomic E-state index is 0.489. The molecule has 8 heteroatoms. The highest BCUT2D eigenvalue weighted by Gasteiger charge is 2.15. The summed E-state index contributed by atoms with van der Waals surface area (Å²) in [5.74, 6) is -3.05. The van der Waals surface area contributed by atoms with Gasteiger partial charge in [0.15, 0.2) is 0 Å². The van der Waals surface area contributed by atoms with Gasteiger partial charge in [0.2, 0.25) is 0 Å². The van der Waals surface area contributed by atoms with Crippen molar-refractivity contribution in [1.29, 1.82) is 0 Å². The van der Waals surface area contributed by atoms with Crippen LogP contribution in [0.3, 0.4) is 0 Å². The molecule has 0 bridgehead atoms. The maximum absolute atomic E-state index is 10.3. The number of carbonyl (C=O) groups is 2. The molecular weight excluding hydrogens is 168 g/mol. The molecule has 64 valence electrons. The Morgan fingerprint density at radius 1 is 1.42 bits per heavy atom. The van der Waals surface area contributed by atoms with Crippen molar-refractivity contribution in [3.05, 3.63) is 5.82 Å². The summed E-state index contributed by atoms with van der Waals surface area (Å²) in [6.07, 6.45) is 0. The summed E-state index contributed by atoms with van der Waals surface area (Å²) in [4.78, 5) is 20.4. The second-order valence-electron chi connectivity index (χ2n) is 1.86. The molecule has 0 atom stereocenters. The van der Waals surface area contributed by atoms with Gasteiger partial charge in [0.05, 0.1) is 0 Å². The summed E-state index contributed by atoms with van der Waals surface area (Å²) in [5, 5.41) is 26.0. The third kappa shape index (κ3) is 1.54. The monoisotopic (exact) mass is 172 g/mol. The van der Waals surface area contributed by atoms with Crippen molar-refractivity contribution in [3.63, 3.8) is 0 Å². The topological polar surface area (TPSA) is 118 Å². The number of hydrogen-bond acceptors (Lipinski definition) is 5. The molecule has 1 rings (SSSR count). The molecule has 1 heterocycles. The predicted octanol–water partition coefficient (Wildman–Crippen LogP) is -1.54. The smallest absolute Gasteiger partial charge is 0.375 e. The van der Waals surface area contributed by atoms with Crippen molar-refractivity contribution in [3.8, 4) is 0 Å². The quantitative estimate of drug-likeness (QED) is 0.566. The fourth-order valence-corrected chi connectivity index (χ4v) is 0.592. The van der Waals surface area contributed by atoms with Gasteiger partial charge in [0.25, 0.3) is 5.82 Å². The molecule has 0 amide bonds. The van der Waals surface area contributed by atoms with E-state index >= 15 is 0 Å². The number of rotatable bonds is 3. The Labute approximate surface area is 65.4 Å². The zero-order chi connectivity index (χ0) is 9.14. The van der Waals surface area contributed by atoms with Gasteiger partial charge in [-0.1, -0.05) is 0 Å². The van der Waals surface area contributed by atoms with E-state index in [2.05, 4.69) is 15.5 Å². The lowest BCUT2D eigenvalue weighted by Crippen LogP contribution is -2.16. The Morgan fingerprint density at radius 2 is 2.08 bits per heavy atom. The van der Waals surface area contributed by atoms with E-state index in [-0.39, 0.29) is 0 Å². The van der Waals surface area contributed by atoms with Crippen molar-refractivity contribution in [2.24, 2.45) is 0 Å².